The Labute approximate surface area is 91.2 Å². The van der Waals surface area contributed by atoms with E-state index in [2.05, 4.69) is 9.13 Å². The summed E-state index contributed by atoms with van der Waals surface area (Å²) in [5.41, 5.74) is 0. The van der Waals surface area contributed by atoms with Gasteiger partial charge in [-0.25, -0.2) is 0 Å². The van der Waals surface area contributed by atoms with Gasteiger partial charge in [0, 0.05) is 26.2 Å². The minimum Gasteiger partial charge on any atom is -0.379 e. The highest BCUT2D eigenvalue weighted by Gasteiger charge is 2.29. The molecule has 6 heteroatoms. The van der Waals surface area contributed by atoms with E-state index in [-0.39, 0.29) is 0 Å². The van der Waals surface area contributed by atoms with Crippen molar-refractivity contribution in [1.82, 2.24) is 9.13 Å². The molecule has 0 saturated carbocycles. The molecule has 4 nitrogen and oxygen atoms in total. The second kappa shape index (κ2) is 5.44. The highest BCUT2D eigenvalue weighted by Crippen LogP contribution is 2.10. The molecule has 14 heavy (non-hydrogen) atoms. The Bertz CT molecular complexity index is 157. The molecular formula is C8H16ClN2O2Si. The van der Waals surface area contributed by atoms with Gasteiger partial charge in [-0.2, -0.15) is 0 Å². The highest BCUT2D eigenvalue weighted by molar-refractivity contribution is 7.03. The van der Waals surface area contributed by atoms with Crippen molar-refractivity contribution in [3.05, 3.63) is 0 Å². The molecule has 81 valence electrons. The molecule has 2 fully saturated rings. The summed E-state index contributed by atoms with van der Waals surface area (Å²) < 4.78 is 15.3. The molecule has 2 aliphatic rings. The summed E-state index contributed by atoms with van der Waals surface area (Å²) in [6, 6.07) is 0. The minimum atomic E-state index is -1.01. The van der Waals surface area contributed by atoms with E-state index < -0.39 is 8.43 Å². The lowest BCUT2D eigenvalue weighted by Crippen LogP contribution is -2.56. The van der Waals surface area contributed by atoms with Crippen molar-refractivity contribution < 1.29 is 9.47 Å². The van der Waals surface area contributed by atoms with Crippen LogP contribution in [0.3, 0.4) is 0 Å². The van der Waals surface area contributed by atoms with Gasteiger partial charge in [-0.1, -0.05) is 0 Å². The topological polar surface area (TPSA) is 24.9 Å². The molecule has 0 atom stereocenters. The van der Waals surface area contributed by atoms with Gasteiger partial charge >= 0.3 is 8.43 Å². The molecule has 0 aromatic rings. The normalized spacial score (nSPS) is 27.0. The zero-order valence-corrected chi connectivity index (χ0v) is 10.0. The highest BCUT2D eigenvalue weighted by atomic mass is 35.6. The summed E-state index contributed by atoms with van der Waals surface area (Å²) in [5.74, 6) is 0. The maximum atomic E-state index is 6.48. The second-order valence-corrected chi connectivity index (χ2v) is 6.29. The Hall–Kier alpha value is 0.347. The van der Waals surface area contributed by atoms with Crippen LogP contribution in [0.2, 0.25) is 0 Å². The maximum absolute atomic E-state index is 6.48. The molecule has 0 aliphatic carbocycles. The maximum Gasteiger partial charge on any atom is 0.344 e. The van der Waals surface area contributed by atoms with E-state index in [0.717, 1.165) is 52.6 Å². The van der Waals surface area contributed by atoms with Gasteiger partial charge in [-0.3, -0.25) is 9.13 Å². The van der Waals surface area contributed by atoms with E-state index in [1.807, 2.05) is 0 Å². The van der Waals surface area contributed by atoms with Crippen molar-refractivity contribution >= 4 is 19.5 Å². The van der Waals surface area contributed by atoms with E-state index in [1.54, 1.807) is 0 Å². The predicted octanol–water partition coefficient (Wildman–Crippen LogP) is -0.126. The first-order valence-electron chi connectivity index (χ1n) is 5.06. The van der Waals surface area contributed by atoms with Gasteiger partial charge in [0.2, 0.25) is 0 Å². The fourth-order valence-corrected chi connectivity index (χ4v) is 4.21. The van der Waals surface area contributed by atoms with Crippen LogP contribution in [0, 0.1) is 0 Å². The number of ether oxygens (including phenoxy) is 2. The molecular weight excluding hydrogens is 220 g/mol. The van der Waals surface area contributed by atoms with E-state index in [1.165, 1.54) is 0 Å². The van der Waals surface area contributed by atoms with Gasteiger partial charge in [0.15, 0.2) is 0 Å². The summed E-state index contributed by atoms with van der Waals surface area (Å²) in [6.07, 6.45) is 0. The third-order valence-corrected chi connectivity index (χ3v) is 5.92. The van der Waals surface area contributed by atoms with Crippen molar-refractivity contribution in [2.75, 3.05) is 52.6 Å². The Morgan fingerprint density at radius 3 is 1.50 bits per heavy atom. The summed E-state index contributed by atoms with van der Waals surface area (Å²) in [6.45, 7) is 7.22. The number of nitrogens with zero attached hydrogens (tertiary/aromatic N) is 2. The number of halogens is 1. The number of morpholine rings is 2. The summed E-state index contributed by atoms with van der Waals surface area (Å²) in [7, 11) is -1.01. The van der Waals surface area contributed by atoms with Crippen LogP contribution in [0.15, 0.2) is 0 Å². The molecule has 2 rings (SSSR count). The van der Waals surface area contributed by atoms with Crippen LogP contribution in [-0.4, -0.2) is 70.2 Å². The van der Waals surface area contributed by atoms with E-state index >= 15 is 0 Å². The zero-order chi connectivity index (χ0) is 9.80. The van der Waals surface area contributed by atoms with Crippen molar-refractivity contribution in [2.45, 2.75) is 0 Å². The first-order chi connectivity index (χ1) is 6.88. The van der Waals surface area contributed by atoms with Gasteiger partial charge in [-0.05, 0) is 0 Å². The fourth-order valence-electron chi connectivity index (χ4n) is 1.70. The predicted molar refractivity (Wildman–Crippen MR) is 56.4 cm³/mol. The zero-order valence-electron chi connectivity index (χ0n) is 8.25. The lowest BCUT2D eigenvalue weighted by Gasteiger charge is -2.37. The Morgan fingerprint density at radius 1 is 0.786 bits per heavy atom. The Balaban J connectivity index is 1.82. The molecule has 0 aromatic carbocycles. The molecule has 0 amide bonds. The molecule has 0 unspecified atom stereocenters. The molecule has 2 heterocycles. The third kappa shape index (κ3) is 2.68. The van der Waals surface area contributed by atoms with Gasteiger partial charge in [0.05, 0.1) is 26.4 Å². The van der Waals surface area contributed by atoms with Gasteiger partial charge in [0.1, 0.15) is 0 Å². The first-order valence-corrected chi connectivity index (χ1v) is 7.46. The van der Waals surface area contributed by atoms with Crippen LogP contribution in [-0.2, 0) is 9.47 Å². The summed E-state index contributed by atoms with van der Waals surface area (Å²) in [4.78, 5) is 0. The van der Waals surface area contributed by atoms with Crippen molar-refractivity contribution in [3.63, 3.8) is 0 Å². The SMILES string of the molecule is Cl[Si](N1CCOCC1)N1CCOCC1. The third-order valence-electron chi connectivity index (χ3n) is 2.54. The number of hydrogen-bond donors (Lipinski definition) is 0. The van der Waals surface area contributed by atoms with Crippen molar-refractivity contribution in [1.29, 1.82) is 0 Å². The lowest BCUT2D eigenvalue weighted by atomic mass is 10.5. The van der Waals surface area contributed by atoms with Crippen LogP contribution in [0.25, 0.3) is 0 Å². The number of hydrogen-bond acceptors (Lipinski definition) is 4. The van der Waals surface area contributed by atoms with Crippen molar-refractivity contribution in [3.8, 4) is 0 Å². The largest absolute Gasteiger partial charge is 0.379 e. The number of rotatable bonds is 2. The molecule has 2 aliphatic heterocycles. The second-order valence-electron chi connectivity index (χ2n) is 3.47. The summed E-state index contributed by atoms with van der Waals surface area (Å²) in [5, 5.41) is 0. The molecule has 2 saturated heterocycles. The summed E-state index contributed by atoms with van der Waals surface area (Å²) >= 11 is 6.48. The molecule has 1 radical (unpaired) electrons. The average molecular weight is 236 g/mol. The monoisotopic (exact) mass is 235 g/mol. The van der Waals surface area contributed by atoms with E-state index in [9.17, 15) is 0 Å². The van der Waals surface area contributed by atoms with Crippen LogP contribution in [0.1, 0.15) is 0 Å². The van der Waals surface area contributed by atoms with Gasteiger partial charge < -0.3 is 9.47 Å². The Kier molecular flexibility index (Phi) is 4.21. The molecule has 0 spiro atoms. The average Bonchev–Trinajstić information content (AvgIpc) is 2.30. The van der Waals surface area contributed by atoms with Gasteiger partial charge in [-0.15, -0.1) is 11.1 Å². The first kappa shape index (κ1) is 10.9. The lowest BCUT2D eigenvalue weighted by molar-refractivity contribution is 0.0515. The fraction of sp³-hybridized carbons (Fsp3) is 1.00. The quantitative estimate of drug-likeness (QED) is 0.492. The molecule has 0 bridgehead atoms. The van der Waals surface area contributed by atoms with Crippen LogP contribution in [0.5, 0.6) is 0 Å². The Morgan fingerprint density at radius 2 is 1.14 bits per heavy atom. The van der Waals surface area contributed by atoms with Crippen LogP contribution in [0.4, 0.5) is 0 Å². The molecule has 0 N–H and O–H groups in total. The van der Waals surface area contributed by atoms with Crippen LogP contribution < -0.4 is 0 Å². The minimum absolute atomic E-state index is 0.825. The van der Waals surface area contributed by atoms with E-state index in [4.69, 9.17) is 20.6 Å². The van der Waals surface area contributed by atoms with Crippen molar-refractivity contribution in [2.24, 2.45) is 0 Å². The van der Waals surface area contributed by atoms with Gasteiger partial charge in [0.25, 0.3) is 0 Å². The van der Waals surface area contributed by atoms with Crippen LogP contribution >= 0.6 is 11.1 Å². The standard InChI is InChI=1S/C8H16ClN2O2Si/c9-14(10-1-5-12-6-2-10)11-3-7-13-8-4-11/h1-8H2. The smallest absolute Gasteiger partial charge is 0.344 e. The van der Waals surface area contributed by atoms with E-state index in [0.29, 0.717) is 0 Å². The molecule has 0 aromatic heterocycles.